The van der Waals surface area contributed by atoms with Gasteiger partial charge in [0.2, 0.25) is 0 Å². The molecule has 1 aliphatic carbocycles. The number of aliphatic hydroxyl groups excluding tert-OH is 1. The van der Waals surface area contributed by atoms with E-state index >= 15 is 0 Å². The summed E-state index contributed by atoms with van der Waals surface area (Å²) in [5, 5.41) is 10.0. The van der Waals surface area contributed by atoms with Gasteiger partial charge in [-0.2, -0.15) is 0 Å². The van der Waals surface area contributed by atoms with Crippen molar-refractivity contribution in [3.8, 4) is 0 Å². The standard InChI is InChI=1S/C14H27NO2/c1-12-6-4-5-9-15(12)10-13(16)11-17-14-7-2-3-8-14/h12-14,16H,2-11H2,1H3. The molecule has 1 aliphatic heterocycles. The molecule has 0 spiro atoms. The summed E-state index contributed by atoms with van der Waals surface area (Å²) >= 11 is 0. The topological polar surface area (TPSA) is 32.7 Å². The van der Waals surface area contributed by atoms with E-state index in [2.05, 4.69) is 11.8 Å². The van der Waals surface area contributed by atoms with Crippen molar-refractivity contribution in [2.75, 3.05) is 19.7 Å². The second kappa shape index (κ2) is 6.72. The zero-order chi connectivity index (χ0) is 12.1. The summed E-state index contributed by atoms with van der Waals surface area (Å²) < 4.78 is 5.76. The van der Waals surface area contributed by atoms with Crippen LogP contribution >= 0.6 is 0 Å². The Morgan fingerprint density at radius 1 is 1.18 bits per heavy atom. The van der Waals surface area contributed by atoms with Crippen molar-refractivity contribution in [3.05, 3.63) is 0 Å². The van der Waals surface area contributed by atoms with E-state index in [0.29, 0.717) is 18.8 Å². The molecular formula is C14H27NO2. The molecule has 17 heavy (non-hydrogen) atoms. The van der Waals surface area contributed by atoms with Gasteiger partial charge in [-0.3, -0.25) is 4.90 Å². The minimum absolute atomic E-state index is 0.309. The molecule has 3 heteroatoms. The van der Waals surface area contributed by atoms with Crippen molar-refractivity contribution in [3.63, 3.8) is 0 Å². The van der Waals surface area contributed by atoms with Crippen LogP contribution in [0, 0.1) is 0 Å². The smallest absolute Gasteiger partial charge is 0.0900 e. The zero-order valence-electron chi connectivity index (χ0n) is 11.1. The highest BCUT2D eigenvalue weighted by atomic mass is 16.5. The maximum absolute atomic E-state index is 10.0. The summed E-state index contributed by atoms with van der Waals surface area (Å²) in [5.74, 6) is 0. The number of ether oxygens (including phenoxy) is 1. The van der Waals surface area contributed by atoms with Crippen LogP contribution in [0.25, 0.3) is 0 Å². The van der Waals surface area contributed by atoms with Crippen LogP contribution in [0.2, 0.25) is 0 Å². The Morgan fingerprint density at radius 2 is 1.88 bits per heavy atom. The van der Waals surface area contributed by atoms with E-state index < -0.39 is 0 Å². The molecule has 3 nitrogen and oxygen atoms in total. The average molecular weight is 241 g/mol. The first-order chi connectivity index (χ1) is 8.25. The molecule has 1 saturated heterocycles. The molecular weight excluding hydrogens is 214 g/mol. The number of likely N-dealkylation sites (tertiary alicyclic amines) is 1. The van der Waals surface area contributed by atoms with E-state index in [0.717, 1.165) is 13.1 Å². The Hall–Kier alpha value is -0.120. The van der Waals surface area contributed by atoms with Crippen LogP contribution in [0.3, 0.4) is 0 Å². The van der Waals surface area contributed by atoms with Gasteiger partial charge in [0.15, 0.2) is 0 Å². The van der Waals surface area contributed by atoms with E-state index in [1.165, 1.54) is 44.9 Å². The number of piperidine rings is 1. The van der Waals surface area contributed by atoms with Gasteiger partial charge < -0.3 is 9.84 Å². The molecule has 1 N–H and O–H groups in total. The summed E-state index contributed by atoms with van der Waals surface area (Å²) in [5.41, 5.74) is 0. The van der Waals surface area contributed by atoms with Crippen molar-refractivity contribution >= 4 is 0 Å². The number of hydrogen-bond acceptors (Lipinski definition) is 3. The molecule has 0 aromatic carbocycles. The zero-order valence-corrected chi connectivity index (χ0v) is 11.1. The number of hydrogen-bond donors (Lipinski definition) is 1. The minimum Gasteiger partial charge on any atom is -0.389 e. The van der Waals surface area contributed by atoms with Gasteiger partial charge in [-0.05, 0) is 39.2 Å². The Kier molecular flexibility index (Phi) is 5.26. The minimum atomic E-state index is -0.309. The number of nitrogens with zero attached hydrogens (tertiary/aromatic N) is 1. The lowest BCUT2D eigenvalue weighted by atomic mass is 10.0. The van der Waals surface area contributed by atoms with E-state index in [1.54, 1.807) is 0 Å². The summed E-state index contributed by atoms with van der Waals surface area (Å²) in [6.45, 7) is 4.72. The predicted molar refractivity (Wildman–Crippen MR) is 69.1 cm³/mol. The van der Waals surface area contributed by atoms with Crippen LogP contribution in [-0.2, 0) is 4.74 Å². The van der Waals surface area contributed by atoms with Crippen LogP contribution in [0.5, 0.6) is 0 Å². The predicted octanol–water partition coefficient (Wildman–Crippen LogP) is 2.18. The monoisotopic (exact) mass is 241 g/mol. The molecule has 2 atom stereocenters. The van der Waals surface area contributed by atoms with Crippen molar-refractivity contribution in [1.82, 2.24) is 4.90 Å². The molecule has 2 aliphatic rings. The van der Waals surface area contributed by atoms with Gasteiger partial charge in [0.05, 0.1) is 18.8 Å². The highest BCUT2D eigenvalue weighted by Gasteiger charge is 2.22. The van der Waals surface area contributed by atoms with Gasteiger partial charge in [0.1, 0.15) is 0 Å². The van der Waals surface area contributed by atoms with Gasteiger partial charge in [-0.1, -0.05) is 19.3 Å². The summed E-state index contributed by atoms with van der Waals surface area (Å²) in [4.78, 5) is 2.41. The first kappa shape index (κ1) is 13.3. The summed E-state index contributed by atoms with van der Waals surface area (Å²) in [6, 6.07) is 0.630. The number of aliphatic hydroxyl groups is 1. The van der Waals surface area contributed by atoms with E-state index in [-0.39, 0.29) is 6.10 Å². The molecule has 1 heterocycles. The number of rotatable bonds is 5. The first-order valence-electron chi connectivity index (χ1n) is 7.29. The van der Waals surface area contributed by atoms with Crippen LogP contribution in [0.15, 0.2) is 0 Å². The third-order valence-corrected chi connectivity index (χ3v) is 4.21. The SMILES string of the molecule is CC1CCCCN1CC(O)COC1CCCC1. The third-order valence-electron chi connectivity index (χ3n) is 4.21. The third kappa shape index (κ3) is 4.23. The molecule has 100 valence electrons. The lowest BCUT2D eigenvalue weighted by Gasteiger charge is -2.34. The molecule has 2 fully saturated rings. The second-order valence-corrected chi connectivity index (χ2v) is 5.73. The molecule has 0 bridgehead atoms. The molecule has 2 unspecified atom stereocenters. The molecule has 1 saturated carbocycles. The molecule has 0 aromatic rings. The molecule has 0 aromatic heterocycles. The lowest BCUT2D eigenvalue weighted by Crippen LogP contribution is -2.43. The van der Waals surface area contributed by atoms with Crippen molar-refractivity contribution in [1.29, 1.82) is 0 Å². The first-order valence-corrected chi connectivity index (χ1v) is 7.29. The van der Waals surface area contributed by atoms with Crippen molar-refractivity contribution in [2.24, 2.45) is 0 Å². The summed E-state index contributed by atoms with van der Waals surface area (Å²) in [6.07, 6.45) is 8.97. The van der Waals surface area contributed by atoms with Crippen LogP contribution in [0.1, 0.15) is 51.9 Å². The Bertz CT molecular complexity index is 216. The van der Waals surface area contributed by atoms with Crippen LogP contribution in [0.4, 0.5) is 0 Å². The van der Waals surface area contributed by atoms with Gasteiger partial charge in [-0.15, -0.1) is 0 Å². The maximum Gasteiger partial charge on any atom is 0.0900 e. The Labute approximate surface area is 105 Å². The molecule has 2 rings (SSSR count). The van der Waals surface area contributed by atoms with Gasteiger partial charge in [0.25, 0.3) is 0 Å². The highest BCUT2D eigenvalue weighted by molar-refractivity contribution is 4.76. The van der Waals surface area contributed by atoms with E-state index in [1.807, 2.05) is 0 Å². The van der Waals surface area contributed by atoms with E-state index in [4.69, 9.17) is 4.74 Å². The molecule has 0 amide bonds. The van der Waals surface area contributed by atoms with Crippen molar-refractivity contribution < 1.29 is 9.84 Å². The van der Waals surface area contributed by atoms with Gasteiger partial charge >= 0.3 is 0 Å². The maximum atomic E-state index is 10.0. The highest BCUT2D eigenvalue weighted by Crippen LogP contribution is 2.21. The fraction of sp³-hybridized carbons (Fsp3) is 1.00. The molecule has 0 radical (unpaired) electrons. The quantitative estimate of drug-likeness (QED) is 0.801. The van der Waals surface area contributed by atoms with E-state index in [9.17, 15) is 5.11 Å². The Balaban J connectivity index is 1.63. The second-order valence-electron chi connectivity index (χ2n) is 5.73. The normalized spacial score (nSPS) is 29.6. The van der Waals surface area contributed by atoms with Crippen LogP contribution < -0.4 is 0 Å². The Morgan fingerprint density at radius 3 is 2.59 bits per heavy atom. The fourth-order valence-corrected chi connectivity index (χ4v) is 3.05. The average Bonchev–Trinajstić information content (AvgIpc) is 2.82. The van der Waals surface area contributed by atoms with Gasteiger partial charge in [0, 0.05) is 12.6 Å². The summed E-state index contributed by atoms with van der Waals surface area (Å²) in [7, 11) is 0. The fourth-order valence-electron chi connectivity index (χ4n) is 3.05. The number of β-amino-alcohol motifs (C(OH)–C–C–N with tert-alkyl or cyclic N) is 1. The largest absolute Gasteiger partial charge is 0.389 e. The van der Waals surface area contributed by atoms with Gasteiger partial charge in [-0.25, -0.2) is 0 Å². The van der Waals surface area contributed by atoms with Crippen molar-refractivity contribution in [2.45, 2.75) is 70.1 Å². The lowest BCUT2D eigenvalue weighted by molar-refractivity contribution is -0.0256. The van der Waals surface area contributed by atoms with Crippen LogP contribution in [-0.4, -0.2) is 48.0 Å².